The quantitative estimate of drug-likeness (QED) is 0.335. The lowest BCUT2D eigenvalue weighted by Crippen LogP contribution is -2.43. The molecule has 112 valence electrons. The molecule has 6 heteroatoms. The fourth-order valence-corrected chi connectivity index (χ4v) is 2.37. The minimum atomic E-state index is -0.462. The molecule has 0 heterocycles. The smallest absolute Gasteiger partial charge is 0.407 e. The fraction of sp³-hybridized carbons (Fsp3) is 0.714. The van der Waals surface area contributed by atoms with Crippen LogP contribution in [-0.4, -0.2) is 43.6 Å². The second kappa shape index (κ2) is 8.51. The minimum absolute atomic E-state index is 0.0209. The molecule has 0 aromatic carbocycles. The number of amides is 1. The van der Waals surface area contributed by atoms with Crippen LogP contribution in [0.4, 0.5) is 4.79 Å². The molecule has 0 aromatic rings. The first kappa shape index (κ1) is 16.4. The number of carbonyl (C=O) groups is 1. The highest BCUT2D eigenvalue weighted by molar-refractivity contribution is 5.67. The zero-order valence-corrected chi connectivity index (χ0v) is 11.9. The summed E-state index contributed by atoms with van der Waals surface area (Å²) in [5, 5.41) is 2.80. The van der Waals surface area contributed by atoms with Crippen LogP contribution >= 0.6 is 0 Å². The summed E-state index contributed by atoms with van der Waals surface area (Å²) < 4.78 is 10.1. The summed E-state index contributed by atoms with van der Waals surface area (Å²) in [6.07, 6.45) is 6.03. The first-order valence-electron chi connectivity index (χ1n) is 6.80. The van der Waals surface area contributed by atoms with Crippen LogP contribution < -0.4 is 5.32 Å². The Bertz CT molecular complexity index is 379. The van der Waals surface area contributed by atoms with Crippen molar-refractivity contribution in [3.8, 4) is 0 Å². The van der Waals surface area contributed by atoms with E-state index in [1.807, 2.05) is 6.92 Å². The SMILES string of the molecule is C=CCOCCOC(=O)NC1CCCC(C)(N=C=O)C1. The van der Waals surface area contributed by atoms with Gasteiger partial charge >= 0.3 is 6.09 Å². The summed E-state index contributed by atoms with van der Waals surface area (Å²) in [6, 6.07) is -0.0209. The second-order valence-electron chi connectivity index (χ2n) is 5.14. The lowest BCUT2D eigenvalue weighted by Gasteiger charge is -2.33. The van der Waals surface area contributed by atoms with E-state index in [0.29, 0.717) is 19.6 Å². The number of ether oxygens (including phenoxy) is 2. The van der Waals surface area contributed by atoms with Crippen LogP contribution in [0.15, 0.2) is 17.6 Å². The van der Waals surface area contributed by atoms with E-state index < -0.39 is 11.6 Å². The van der Waals surface area contributed by atoms with Crippen LogP contribution in [0.1, 0.15) is 32.6 Å². The molecule has 1 saturated carbocycles. The van der Waals surface area contributed by atoms with Crippen LogP contribution in [0, 0.1) is 0 Å². The summed E-state index contributed by atoms with van der Waals surface area (Å²) >= 11 is 0. The van der Waals surface area contributed by atoms with E-state index in [1.165, 1.54) is 0 Å². The number of nitrogens with zero attached hydrogens (tertiary/aromatic N) is 1. The maximum absolute atomic E-state index is 11.6. The number of hydrogen-bond donors (Lipinski definition) is 1. The van der Waals surface area contributed by atoms with Gasteiger partial charge in [-0.2, -0.15) is 4.99 Å². The molecule has 2 unspecified atom stereocenters. The van der Waals surface area contributed by atoms with Gasteiger partial charge in [0.05, 0.1) is 18.8 Å². The molecule has 1 fully saturated rings. The van der Waals surface area contributed by atoms with Crippen molar-refractivity contribution in [3.63, 3.8) is 0 Å². The van der Waals surface area contributed by atoms with E-state index in [4.69, 9.17) is 9.47 Å². The Morgan fingerprint density at radius 2 is 2.40 bits per heavy atom. The second-order valence-corrected chi connectivity index (χ2v) is 5.14. The Morgan fingerprint density at radius 3 is 3.10 bits per heavy atom. The summed E-state index contributed by atoms with van der Waals surface area (Å²) in [6.45, 7) is 6.41. The van der Waals surface area contributed by atoms with Gasteiger partial charge in [-0.05, 0) is 32.6 Å². The van der Waals surface area contributed by atoms with Crippen LogP contribution in [0.25, 0.3) is 0 Å². The third kappa shape index (κ3) is 5.99. The van der Waals surface area contributed by atoms with Gasteiger partial charge in [0.25, 0.3) is 0 Å². The van der Waals surface area contributed by atoms with Crippen molar-refractivity contribution in [1.82, 2.24) is 5.32 Å². The maximum Gasteiger partial charge on any atom is 0.407 e. The number of hydrogen-bond acceptors (Lipinski definition) is 5. The van der Waals surface area contributed by atoms with Crippen LogP contribution in [0.2, 0.25) is 0 Å². The molecule has 0 spiro atoms. The Morgan fingerprint density at radius 1 is 1.60 bits per heavy atom. The van der Waals surface area contributed by atoms with Crippen molar-refractivity contribution >= 4 is 12.2 Å². The third-order valence-corrected chi connectivity index (χ3v) is 3.29. The van der Waals surface area contributed by atoms with Gasteiger partial charge in [0.2, 0.25) is 6.08 Å². The molecule has 1 aliphatic carbocycles. The van der Waals surface area contributed by atoms with Gasteiger partial charge in [-0.3, -0.25) is 0 Å². The minimum Gasteiger partial charge on any atom is -0.447 e. The van der Waals surface area contributed by atoms with E-state index in [9.17, 15) is 9.59 Å². The molecule has 1 aliphatic rings. The normalized spacial score (nSPS) is 25.4. The highest BCUT2D eigenvalue weighted by Crippen LogP contribution is 2.31. The molecule has 0 bridgehead atoms. The zero-order valence-electron chi connectivity index (χ0n) is 11.9. The van der Waals surface area contributed by atoms with Crippen molar-refractivity contribution in [2.75, 3.05) is 19.8 Å². The first-order chi connectivity index (χ1) is 9.59. The molecule has 0 aliphatic heterocycles. The van der Waals surface area contributed by atoms with Gasteiger partial charge in [0.15, 0.2) is 0 Å². The molecule has 1 rings (SSSR count). The Kier molecular flexibility index (Phi) is 6.98. The average Bonchev–Trinajstić information content (AvgIpc) is 2.38. The maximum atomic E-state index is 11.6. The summed E-state index contributed by atoms with van der Waals surface area (Å²) in [7, 11) is 0. The number of carbonyl (C=O) groups excluding carboxylic acids is 2. The van der Waals surface area contributed by atoms with E-state index in [2.05, 4.69) is 16.9 Å². The van der Waals surface area contributed by atoms with E-state index in [1.54, 1.807) is 12.2 Å². The molecular formula is C14H22N2O4. The van der Waals surface area contributed by atoms with Crippen LogP contribution in [0.3, 0.4) is 0 Å². The third-order valence-electron chi connectivity index (χ3n) is 3.29. The van der Waals surface area contributed by atoms with Gasteiger partial charge in [-0.15, -0.1) is 6.58 Å². The van der Waals surface area contributed by atoms with E-state index >= 15 is 0 Å². The standard InChI is InChI=1S/C14H22N2O4/c1-3-7-19-8-9-20-13(18)16-12-5-4-6-14(2,10-12)15-11-17/h3,12H,1,4-10H2,2H3,(H,16,18). The predicted molar refractivity (Wildman–Crippen MR) is 74.3 cm³/mol. The van der Waals surface area contributed by atoms with Crippen molar-refractivity contribution in [2.24, 2.45) is 4.99 Å². The molecule has 1 N–H and O–H groups in total. The van der Waals surface area contributed by atoms with E-state index in [-0.39, 0.29) is 12.6 Å². The molecule has 2 atom stereocenters. The number of isocyanates is 1. The van der Waals surface area contributed by atoms with Crippen molar-refractivity contribution in [1.29, 1.82) is 0 Å². The summed E-state index contributed by atoms with van der Waals surface area (Å²) in [4.78, 5) is 25.8. The lowest BCUT2D eigenvalue weighted by atomic mass is 9.81. The highest BCUT2D eigenvalue weighted by Gasteiger charge is 2.32. The number of nitrogens with one attached hydrogen (secondary N) is 1. The van der Waals surface area contributed by atoms with Gasteiger partial charge < -0.3 is 14.8 Å². The highest BCUT2D eigenvalue weighted by atomic mass is 16.6. The number of rotatable bonds is 7. The molecule has 1 amide bonds. The zero-order chi connectivity index (χ0) is 14.8. The first-order valence-corrected chi connectivity index (χ1v) is 6.80. The predicted octanol–water partition coefficient (Wildman–Crippen LogP) is 1.95. The number of alkyl carbamates (subject to hydrolysis) is 1. The van der Waals surface area contributed by atoms with Crippen molar-refractivity contribution < 1.29 is 19.1 Å². The lowest BCUT2D eigenvalue weighted by molar-refractivity contribution is 0.0817. The van der Waals surface area contributed by atoms with Gasteiger partial charge in [0, 0.05) is 6.04 Å². The van der Waals surface area contributed by atoms with Crippen molar-refractivity contribution in [2.45, 2.75) is 44.2 Å². The molecule has 0 saturated heterocycles. The Labute approximate surface area is 119 Å². The summed E-state index contributed by atoms with van der Waals surface area (Å²) in [5.41, 5.74) is -0.426. The van der Waals surface area contributed by atoms with E-state index in [0.717, 1.165) is 19.3 Å². The monoisotopic (exact) mass is 282 g/mol. The topological polar surface area (TPSA) is 77.0 Å². The van der Waals surface area contributed by atoms with Gasteiger partial charge in [-0.1, -0.05) is 6.08 Å². The molecule has 0 aromatic heterocycles. The molecular weight excluding hydrogens is 260 g/mol. The molecule has 0 radical (unpaired) electrons. The summed E-state index contributed by atoms with van der Waals surface area (Å²) in [5.74, 6) is 0. The largest absolute Gasteiger partial charge is 0.447 e. The van der Waals surface area contributed by atoms with Crippen molar-refractivity contribution in [3.05, 3.63) is 12.7 Å². The van der Waals surface area contributed by atoms with Gasteiger partial charge in [-0.25, -0.2) is 9.59 Å². The van der Waals surface area contributed by atoms with Crippen LogP contribution in [-0.2, 0) is 14.3 Å². The number of aliphatic imine (C=N–C) groups is 1. The van der Waals surface area contributed by atoms with Gasteiger partial charge in [0.1, 0.15) is 6.61 Å². The van der Waals surface area contributed by atoms with Crippen LogP contribution in [0.5, 0.6) is 0 Å². The fourth-order valence-electron chi connectivity index (χ4n) is 2.37. The Balaban J connectivity index is 2.27. The Hall–Kier alpha value is -1.65. The average molecular weight is 282 g/mol. The molecule has 20 heavy (non-hydrogen) atoms. The molecule has 6 nitrogen and oxygen atoms in total.